The van der Waals surface area contributed by atoms with E-state index in [9.17, 15) is 22.8 Å². The molecule has 4 nitrogen and oxygen atoms in total. The molecule has 0 aliphatic carbocycles. The van der Waals surface area contributed by atoms with Crippen molar-refractivity contribution in [1.29, 1.82) is 0 Å². The lowest BCUT2D eigenvalue weighted by Gasteiger charge is -2.43. The third kappa shape index (κ3) is 2.89. The summed E-state index contributed by atoms with van der Waals surface area (Å²) in [6.07, 6.45) is -5.45. The number of piperazine rings is 1. The fourth-order valence-electron chi connectivity index (χ4n) is 1.70. The topological polar surface area (TPSA) is 49.4 Å². The predicted octanol–water partition coefficient (Wildman–Crippen LogP) is 1.06. The first kappa shape index (κ1) is 13.8. The van der Waals surface area contributed by atoms with Crippen molar-refractivity contribution in [3.8, 4) is 0 Å². The van der Waals surface area contributed by atoms with E-state index >= 15 is 0 Å². The van der Waals surface area contributed by atoms with Gasteiger partial charge in [0, 0.05) is 6.54 Å². The summed E-state index contributed by atoms with van der Waals surface area (Å²) in [5, 5.41) is 2.44. The molecule has 1 rings (SSSR count). The van der Waals surface area contributed by atoms with Gasteiger partial charge in [0.1, 0.15) is 11.6 Å². The Hall–Kier alpha value is -1.27. The summed E-state index contributed by atoms with van der Waals surface area (Å²) in [6.45, 7) is 3.83. The van der Waals surface area contributed by atoms with E-state index < -0.39 is 42.5 Å². The van der Waals surface area contributed by atoms with Crippen LogP contribution >= 0.6 is 0 Å². The van der Waals surface area contributed by atoms with Gasteiger partial charge in [0.2, 0.25) is 11.8 Å². The Morgan fingerprint density at radius 1 is 1.35 bits per heavy atom. The van der Waals surface area contributed by atoms with Crippen LogP contribution in [0, 0.1) is 0 Å². The van der Waals surface area contributed by atoms with Crippen molar-refractivity contribution in [3.05, 3.63) is 0 Å². The molecule has 1 aliphatic heterocycles. The Morgan fingerprint density at radius 3 is 2.35 bits per heavy atom. The predicted molar refractivity (Wildman–Crippen MR) is 54.1 cm³/mol. The molecule has 1 fully saturated rings. The molecule has 0 aromatic heterocycles. The number of nitrogens with one attached hydrogen (secondary N) is 1. The van der Waals surface area contributed by atoms with E-state index in [1.165, 1.54) is 20.8 Å². The maximum Gasteiger partial charge on any atom is 0.390 e. The van der Waals surface area contributed by atoms with E-state index in [2.05, 4.69) is 5.32 Å². The smallest absolute Gasteiger partial charge is 0.343 e. The third-order valence-electron chi connectivity index (χ3n) is 2.83. The molecule has 1 atom stereocenters. The minimum Gasteiger partial charge on any atom is -0.343 e. The highest BCUT2D eigenvalue weighted by molar-refractivity contribution is 5.99. The lowest BCUT2D eigenvalue weighted by atomic mass is 9.96. The first-order chi connectivity index (χ1) is 7.55. The Balaban J connectivity index is 2.84. The zero-order valence-corrected chi connectivity index (χ0v) is 9.89. The monoisotopic (exact) mass is 252 g/mol. The summed E-state index contributed by atoms with van der Waals surface area (Å²) in [7, 11) is 0. The zero-order valence-electron chi connectivity index (χ0n) is 9.89. The van der Waals surface area contributed by atoms with Gasteiger partial charge < -0.3 is 10.2 Å². The van der Waals surface area contributed by atoms with E-state index in [-0.39, 0.29) is 0 Å². The van der Waals surface area contributed by atoms with Crippen LogP contribution in [-0.2, 0) is 9.59 Å². The molecule has 1 heterocycles. The van der Waals surface area contributed by atoms with Gasteiger partial charge in [0.25, 0.3) is 0 Å². The lowest BCUT2D eigenvalue weighted by Crippen LogP contribution is -2.67. The highest BCUT2D eigenvalue weighted by atomic mass is 19.4. The van der Waals surface area contributed by atoms with E-state index in [4.69, 9.17) is 0 Å². The summed E-state index contributed by atoms with van der Waals surface area (Å²) in [5.74, 6) is -0.925. The fourth-order valence-corrected chi connectivity index (χ4v) is 1.70. The average molecular weight is 252 g/mol. The van der Waals surface area contributed by atoms with Crippen LogP contribution in [0.1, 0.15) is 27.2 Å². The normalized spacial score (nSPS) is 24.8. The molecule has 0 aromatic rings. The van der Waals surface area contributed by atoms with Crippen LogP contribution in [0.3, 0.4) is 0 Å². The van der Waals surface area contributed by atoms with Gasteiger partial charge in [-0.3, -0.25) is 9.59 Å². The highest BCUT2D eigenvalue weighted by Gasteiger charge is 2.45. The molecule has 0 bridgehead atoms. The highest BCUT2D eigenvalue weighted by Crippen LogP contribution is 2.25. The van der Waals surface area contributed by atoms with E-state index in [1.807, 2.05) is 0 Å². The van der Waals surface area contributed by atoms with Crippen molar-refractivity contribution < 1.29 is 22.8 Å². The number of halogens is 3. The van der Waals surface area contributed by atoms with Gasteiger partial charge in [-0.15, -0.1) is 0 Å². The van der Waals surface area contributed by atoms with Gasteiger partial charge in [-0.2, -0.15) is 13.2 Å². The summed E-state index contributed by atoms with van der Waals surface area (Å²) >= 11 is 0. The molecule has 1 unspecified atom stereocenters. The van der Waals surface area contributed by atoms with Gasteiger partial charge >= 0.3 is 6.18 Å². The molecule has 1 N–H and O–H groups in total. The Morgan fingerprint density at radius 2 is 1.88 bits per heavy atom. The Kier molecular flexibility index (Phi) is 3.40. The number of amides is 2. The summed E-state index contributed by atoms with van der Waals surface area (Å²) in [4.78, 5) is 24.4. The second kappa shape index (κ2) is 4.19. The van der Waals surface area contributed by atoms with E-state index in [0.717, 1.165) is 4.90 Å². The minimum atomic E-state index is -4.34. The minimum absolute atomic E-state index is 0.438. The lowest BCUT2D eigenvalue weighted by molar-refractivity contribution is -0.163. The van der Waals surface area contributed by atoms with Crippen LogP contribution in [0.15, 0.2) is 0 Å². The van der Waals surface area contributed by atoms with Gasteiger partial charge in [-0.05, 0) is 20.8 Å². The molecule has 0 saturated carbocycles. The second-order valence-corrected chi connectivity index (χ2v) is 4.61. The average Bonchev–Trinajstić information content (AvgIpc) is 2.13. The molecule has 2 amide bonds. The Bertz CT molecular complexity index is 339. The van der Waals surface area contributed by atoms with Gasteiger partial charge in [0.05, 0.1) is 6.42 Å². The fraction of sp³-hybridized carbons (Fsp3) is 0.800. The first-order valence-electron chi connectivity index (χ1n) is 5.25. The van der Waals surface area contributed by atoms with E-state index in [0.29, 0.717) is 0 Å². The summed E-state index contributed by atoms with van der Waals surface area (Å²) in [6, 6.07) is -0.774. The Labute approximate surface area is 97.1 Å². The quantitative estimate of drug-likeness (QED) is 0.799. The van der Waals surface area contributed by atoms with Crippen molar-refractivity contribution >= 4 is 11.8 Å². The number of carbonyl (C=O) groups is 2. The number of alkyl halides is 3. The van der Waals surface area contributed by atoms with Crippen LogP contribution in [0.2, 0.25) is 0 Å². The molecular formula is C10H15F3N2O2. The maximum atomic E-state index is 12.1. The molecular weight excluding hydrogens is 237 g/mol. The molecule has 0 aromatic carbocycles. The number of hydrogen-bond acceptors (Lipinski definition) is 2. The van der Waals surface area contributed by atoms with Crippen LogP contribution in [0.25, 0.3) is 0 Å². The summed E-state index contributed by atoms with van der Waals surface area (Å²) < 4.78 is 36.4. The zero-order chi connectivity index (χ0) is 13.4. The van der Waals surface area contributed by atoms with Crippen molar-refractivity contribution in [2.24, 2.45) is 0 Å². The van der Waals surface area contributed by atoms with Crippen LogP contribution in [-0.4, -0.2) is 41.0 Å². The number of rotatable bonds is 2. The van der Waals surface area contributed by atoms with Gasteiger partial charge in [-0.25, -0.2) is 0 Å². The van der Waals surface area contributed by atoms with Gasteiger partial charge in [-0.1, -0.05) is 0 Å². The van der Waals surface area contributed by atoms with Crippen LogP contribution in [0.4, 0.5) is 13.2 Å². The SMILES string of the molecule is CC1NC(=O)C(C)(C)N(CCC(F)(F)F)C1=O. The van der Waals surface area contributed by atoms with Crippen molar-refractivity contribution in [1.82, 2.24) is 10.2 Å². The summed E-state index contributed by atoms with van der Waals surface area (Å²) in [5.41, 5.74) is -1.24. The second-order valence-electron chi connectivity index (χ2n) is 4.61. The molecule has 7 heteroatoms. The largest absolute Gasteiger partial charge is 0.390 e. The molecule has 0 spiro atoms. The van der Waals surface area contributed by atoms with Crippen molar-refractivity contribution in [2.75, 3.05) is 6.54 Å². The first-order valence-corrected chi connectivity index (χ1v) is 5.25. The number of hydrogen-bond donors (Lipinski definition) is 1. The number of carbonyl (C=O) groups excluding carboxylic acids is 2. The molecule has 1 aliphatic rings. The van der Waals surface area contributed by atoms with Crippen molar-refractivity contribution in [2.45, 2.75) is 44.9 Å². The van der Waals surface area contributed by atoms with Crippen molar-refractivity contribution in [3.63, 3.8) is 0 Å². The maximum absolute atomic E-state index is 12.1. The van der Waals surface area contributed by atoms with Crippen LogP contribution in [0.5, 0.6) is 0 Å². The van der Waals surface area contributed by atoms with E-state index in [1.54, 1.807) is 0 Å². The molecule has 0 radical (unpaired) electrons. The molecule has 1 saturated heterocycles. The third-order valence-corrected chi connectivity index (χ3v) is 2.83. The van der Waals surface area contributed by atoms with Crippen LogP contribution < -0.4 is 5.32 Å². The standard InChI is InChI=1S/C10H15F3N2O2/c1-6-7(16)15(5-4-10(11,12)13)9(2,3)8(17)14-6/h6H,4-5H2,1-3H3,(H,14,17). The number of nitrogens with zero attached hydrogens (tertiary/aromatic N) is 1. The molecule has 98 valence electrons. The molecule has 17 heavy (non-hydrogen) atoms. The van der Waals surface area contributed by atoms with Gasteiger partial charge in [0.15, 0.2) is 0 Å².